The van der Waals surface area contributed by atoms with Crippen molar-refractivity contribution in [3.8, 4) is 12.3 Å². The number of hydrogen-bond donors (Lipinski definition) is 1. The van der Waals surface area contributed by atoms with E-state index >= 15 is 0 Å². The molecule has 134 valence electrons. The molecule has 8 heteroatoms. The van der Waals surface area contributed by atoms with Gasteiger partial charge in [0.15, 0.2) is 5.66 Å². The van der Waals surface area contributed by atoms with E-state index in [1.807, 2.05) is 0 Å². The highest BCUT2D eigenvalue weighted by atomic mass is 16.2. The lowest BCUT2D eigenvalue weighted by molar-refractivity contribution is -0.133. The summed E-state index contributed by atoms with van der Waals surface area (Å²) in [6.45, 7) is 4.28. The number of carbonyl (C=O) groups is 3. The Morgan fingerprint density at radius 2 is 2.08 bits per heavy atom. The molecule has 1 spiro atoms. The summed E-state index contributed by atoms with van der Waals surface area (Å²) >= 11 is 0. The third kappa shape index (κ3) is 3.11. The Labute approximate surface area is 147 Å². The van der Waals surface area contributed by atoms with Crippen LogP contribution in [0.1, 0.15) is 46.0 Å². The van der Waals surface area contributed by atoms with Crippen LogP contribution in [0.15, 0.2) is 10.2 Å². The van der Waals surface area contributed by atoms with Crippen LogP contribution in [0, 0.1) is 12.3 Å². The lowest BCUT2D eigenvalue weighted by Crippen LogP contribution is -2.50. The topological polar surface area (TPSA) is 94.4 Å². The summed E-state index contributed by atoms with van der Waals surface area (Å²) in [5.41, 5.74) is -1.45. The number of terminal acetylenes is 1. The number of imide groups is 1. The first-order valence-electron chi connectivity index (χ1n) is 8.64. The molecule has 0 aromatic rings. The largest absolute Gasteiger partial charge is 0.340 e. The van der Waals surface area contributed by atoms with Gasteiger partial charge in [-0.15, -0.1) is 12.3 Å². The van der Waals surface area contributed by atoms with E-state index in [1.54, 1.807) is 18.7 Å². The number of amides is 4. The Morgan fingerprint density at radius 1 is 1.36 bits per heavy atom. The van der Waals surface area contributed by atoms with Gasteiger partial charge in [-0.1, -0.05) is 0 Å². The van der Waals surface area contributed by atoms with Gasteiger partial charge in [-0.25, -0.2) is 4.79 Å². The molecule has 0 bridgehead atoms. The van der Waals surface area contributed by atoms with Gasteiger partial charge in [0.1, 0.15) is 5.54 Å². The van der Waals surface area contributed by atoms with Gasteiger partial charge in [0.25, 0.3) is 5.91 Å². The SMILES string of the molecule is C#CCCC1(CCC(=O)N2CCC3(C2)NC(=O)N(C(C)C)C3=O)N=N1. The van der Waals surface area contributed by atoms with Gasteiger partial charge in [0.2, 0.25) is 5.91 Å². The van der Waals surface area contributed by atoms with Crippen LogP contribution in [0.5, 0.6) is 0 Å². The normalized spacial score (nSPS) is 26.5. The number of hydrogen-bond acceptors (Lipinski definition) is 5. The van der Waals surface area contributed by atoms with Gasteiger partial charge >= 0.3 is 6.03 Å². The Bertz CT molecular complexity index is 674. The van der Waals surface area contributed by atoms with Crippen molar-refractivity contribution in [3.63, 3.8) is 0 Å². The summed E-state index contributed by atoms with van der Waals surface area (Å²) in [5.74, 6) is 2.29. The number of carbonyl (C=O) groups excluding carboxylic acids is 3. The summed E-state index contributed by atoms with van der Waals surface area (Å²) in [6.07, 6.45) is 7.81. The van der Waals surface area contributed by atoms with Crippen molar-refractivity contribution in [1.82, 2.24) is 15.1 Å². The molecule has 2 fully saturated rings. The zero-order chi connectivity index (χ0) is 18.2. The van der Waals surface area contributed by atoms with E-state index < -0.39 is 11.2 Å². The average molecular weight is 345 g/mol. The average Bonchev–Trinajstić information content (AvgIpc) is 3.13. The van der Waals surface area contributed by atoms with Crippen LogP contribution in [0.4, 0.5) is 4.79 Å². The Kier molecular flexibility index (Phi) is 4.27. The van der Waals surface area contributed by atoms with Crippen LogP contribution < -0.4 is 5.32 Å². The van der Waals surface area contributed by atoms with E-state index in [4.69, 9.17) is 6.42 Å². The quantitative estimate of drug-likeness (QED) is 0.580. The van der Waals surface area contributed by atoms with E-state index in [2.05, 4.69) is 21.5 Å². The molecular formula is C17H23N5O3. The molecule has 2 saturated heterocycles. The van der Waals surface area contributed by atoms with Crippen molar-refractivity contribution in [3.05, 3.63) is 0 Å². The summed E-state index contributed by atoms with van der Waals surface area (Å²) in [5, 5.41) is 10.9. The number of urea groups is 1. The van der Waals surface area contributed by atoms with Gasteiger partial charge < -0.3 is 10.2 Å². The van der Waals surface area contributed by atoms with Crippen LogP contribution >= 0.6 is 0 Å². The third-order valence-electron chi connectivity index (χ3n) is 5.12. The second-order valence-electron chi connectivity index (χ2n) is 7.23. The van der Waals surface area contributed by atoms with Gasteiger partial charge in [-0.3, -0.25) is 14.5 Å². The smallest absolute Gasteiger partial charge is 0.325 e. The predicted molar refractivity (Wildman–Crippen MR) is 89.3 cm³/mol. The molecule has 8 nitrogen and oxygen atoms in total. The predicted octanol–water partition coefficient (Wildman–Crippen LogP) is 1.27. The molecule has 3 aliphatic heterocycles. The fraction of sp³-hybridized carbons (Fsp3) is 0.706. The molecule has 0 aromatic carbocycles. The lowest BCUT2D eigenvalue weighted by Gasteiger charge is -2.23. The third-order valence-corrected chi connectivity index (χ3v) is 5.12. The van der Waals surface area contributed by atoms with Crippen LogP contribution in [-0.4, -0.2) is 58.0 Å². The highest BCUT2D eigenvalue weighted by molar-refractivity contribution is 6.08. The summed E-state index contributed by atoms with van der Waals surface area (Å²) in [6, 6.07) is -0.580. The Balaban J connectivity index is 1.56. The lowest BCUT2D eigenvalue weighted by atomic mass is 9.98. The summed E-state index contributed by atoms with van der Waals surface area (Å²) in [4.78, 5) is 40.1. The molecule has 1 atom stereocenters. The van der Waals surface area contributed by atoms with Crippen LogP contribution in [-0.2, 0) is 9.59 Å². The standard InChI is InChI=1S/C17H23N5O3/c1-4-5-7-17(19-20-17)8-6-13(23)21-10-9-16(11-21)14(24)22(12(2)3)15(25)18-16/h1,12H,5-11H2,2-3H3,(H,18,25). The molecule has 25 heavy (non-hydrogen) atoms. The minimum atomic E-state index is -0.966. The first kappa shape index (κ1) is 17.4. The molecule has 0 aliphatic carbocycles. The van der Waals surface area contributed by atoms with E-state index in [1.165, 1.54) is 4.90 Å². The molecule has 0 saturated carbocycles. The summed E-state index contributed by atoms with van der Waals surface area (Å²) in [7, 11) is 0. The maximum atomic E-state index is 12.7. The van der Waals surface area contributed by atoms with E-state index in [-0.39, 0.29) is 30.4 Å². The van der Waals surface area contributed by atoms with Crippen molar-refractivity contribution < 1.29 is 14.4 Å². The minimum absolute atomic E-state index is 0.0423. The van der Waals surface area contributed by atoms with E-state index in [9.17, 15) is 14.4 Å². The van der Waals surface area contributed by atoms with E-state index in [0.29, 0.717) is 38.6 Å². The van der Waals surface area contributed by atoms with Crippen molar-refractivity contribution in [2.45, 2.75) is 63.2 Å². The first-order valence-corrected chi connectivity index (χ1v) is 8.64. The number of nitrogens with one attached hydrogen (secondary N) is 1. The maximum Gasteiger partial charge on any atom is 0.325 e. The maximum absolute atomic E-state index is 12.7. The van der Waals surface area contributed by atoms with Crippen LogP contribution in [0.2, 0.25) is 0 Å². The molecule has 1 unspecified atom stereocenters. The first-order chi connectivity index (χ1) is 11.8. The van der Waals surface area contributed by atoms with Gasteiger partial charge in [0.05, 0.1) is 6.54 Å². The molecule has 0 radical (unpaired) electrons. The highest BCUT2D eigenvalue weighted by Crippen LogP contribution is 2.38. The van der Waals surface area contributed by atoms with Gasteiger partial charge in [-0.2, -0.15) is 10.2 Å². The van der Waals surface area contributed by atoms with Gasteiger partial charge in [-0.05, 0) is 20.3 Å². The number of nitrogens with zero attached hydrogens (tertiary/aromatic N) is 4. The Morgan fingerprint density at radius 3 is 2.64 bits per heavy atom. The number of rotatable bonds is 6. The monoisotopic (exact) mass is 345 g/mol. The molecule has 4 amide bonds. The van der Waals surface area contributed by atoms with Crippen molar-refractivity contribution in [1.29, 1.82) is 0 Å². The van der Waals surface area contributed by atoms with Crippen molar-refractivity contribution >= 4 is 17.8 Å². The zero-order valence-electron chi connectivity index (χ0n) is 14.6. The van der Waals surface area contributed by atoms with Crippen LogP contribution in [0.3, 0.4) is 0 Å². The molecule has 3 heterocycles. The molecule has 1 N–H and O–H groups in total. The number of likely N-dealkylation sites (tertiary alicyclic amines) is 1. The fourth-order valence-corrected chi connectivity index (χ4v) is 3.54. The van der Waals surface area contributed by atoms with Crippen LogP contribution in [0.25, 0.3) is 0 Å². The van der Waals surface area contributed by atoms with E-state index in [0.717, 1.165) is 0 Å². The zero-order valence-corrected chi connectivity index (χ0v) is 14.6. The minimum Gasteiger partial charge on any atom is -0.340 e. The molecule has 0 aromatic heterocycles. The second-order valence-corrected chi connectivity index (χ2v) is 7.23. The summed E-state index contributed by atoms with van der Waals surface area (Å²) < 4.78 is 0. The Hall–Kier alpha value is -2.43. The molecular weight excluding hydrogens is 322 g/mol. The van der Waals surface area contributed by atoms with Crippen molar-refractivity contribution in [2.24, 2.45) is 10.2 Å². The van der Waals surface area contributed by atoms with Crippen molar-refractivity contribution in [2.75, 3.05) is 13.1 Å². The highest BCUT2D eigenvalue weighted by Gasteiger charge is 2.56. The second kappa shape index (κ2) is 6.14. The fourth-order valence-electron chi connectivity index (χ4n) is 3.54. The molecule has 3 aliphatic rings. The van der Waals surface area contributed by atoms with Gasteiger partial charge in [0, 0.05) is 38.3 Å². The molecule has 3 rings (SSSR count).